The van der Waals surface area contributed by atoms with Crippen molar-refractivity contribution >= 4 is 21.6 Å². The van der Waals surface area contributed by atoms with Gasteiger partial charge in [-0.3, -0.25) is 9.10 Å². The highest BCUT2D eigenvalue weighted by atomic mass is 32.2. The Bertz CT molecular complexity index is 893. The van der Waals surface area contributed by atoms with E-state index in [-0.39, 0.29) is 29.3 Å². The number of nitrogens with one attached hydrogen (secondary N) is 1. The molecule has 0 spiro atoms. The van der Waals surface area contributed by atoms with Gasteiger partial charge in [-0.25, -0.2) is 8.42 Å². The quantitative estimate of drug-likeness (QED) is 0.787. The van der Waals surface area contributed by atoms with E-state index in [2.05, 4.69) is 5.32 Å². The summed E-state index contributed by atoms with van der Waals surface area (Å²) in [6, 6.07) is 13.5. The average molecular weight is 389 g/mol. The molecule has 146 valence electrons. The van der Waals surface area contributed by atoms with Gasteiger partial charge in [0.25, 0.3) is 10.0 Å². The van der Waals surface area contributed by atoms with Gasteiger partial charge in [0.1, 0.15) is 6.54 Å². The van der Waals surface area contributed by atoms with E-state index < -0.39 is 10.0 Å². The third kappa shape index (κ3) is 5.10. The van der Waals surface area contributed by atoms with Crippen LogP contribution in [0.3, 0.4) is 0 Å². The van der Waals surface area contributed by atoms with Gasteiger partial charge >= 0.3 is 0 Å². The van der Waals surface area contributed by atoms with Gasteiger partial charge in [-0.05, 0) is 62.1 Å². The zero-order valence-electron chi connectivity index (χ0n) is 16.6. The molecule has 1 N–H and O–H groups in total. The SMILES string of the molecule is Cc1ccc(N(CC(=O)N[C@@H](C)C(C)C)S(=O)(=O)c2ccccc2)cc1C. The van der Waals surface area contributed by atoms with Crippen molar-refractivity contribution in [3.63, 3.8) is 0 Å². The molecular formula is C21H28N2O3S. The molecule has 0 bridgehead atoms. The first-order chi connectivity index (χ1) is 12.6. The highest BCUT2D eigenvalue weighted by Gasteiger charge is 2.27. The van der Waals surface area contributed by atoms with Crippen LogP contribution < -0.4 is 9.62 Å². The zero-order chi connectivity index (χ0) is 20.2. The number of rotatable bonds is 7. The molecule has 1 amide bonds. The van der Waals surface area contributed by atoms with Crippen LogP contribution in [0.5, 0.6) is 0 Å². The number of aryl methyl sites for hydroxylation is 2. The van der Waals surface area contributed by atoms with Gasteiger partial charge in [-0.1, -0.05) is 38.1 Å². The maximum absolute atomic E-state index is 13.2. The van der Waals surface area contributed by atoms with E-state index in [1.165, 1.54) is 16.4 Å². The number of anilines is 1. The van der Waals surface area contributed by atoms with E-state index in [0.717, 1.165) is 11.1 Å². The number of carbonyl (C=O) groups is 1. The summed E-state index contributed by atoms with van der Waals surface area (Å²) in [5.41, 5.74) is 2.51. The minimum atomic E-state index is -3.86. The fourth-order valence-electron chi connectivity index (χ4n) is 2.51. The summed E-state index contributed by atoms with van der Waals surface area (Å²) in [6.45, 7) is 9.55. The number of sulfonamides is 1. The third-order valence-corrected chi connectivity index (χ3v) is 6.57. The number of nitrogens with zero attached hydrogens (tertiary/aromatic N) is 1. The molecule has 0 aliphatic heterocycles. The fourth-order valence-corrected chi connectivity index (χ4v) is 3.95. The number of hydrogen-bond donors (Lipinski definition) is 1. The first-order valence-electron chi connectivity index (χ1n) is 9.07. The first kappa shape index (κ1) is 21.0. The number of amides is 1. The van der Waals surface area contributed by atoms with Crippen molar-refractivity contribution in [3.05, 3.63) is 59.7 Å². The largest absolute Gasteiger partial charge is 0.352 e. The summed E-state index contributed by atoms with van der Waals surface area (Å²) in [7, 11) is -3.86. The van der Waals surface area contributed by atoms with Crippen LogP contribution >= 0.6 is 0 Å². The Labute approximate surface area is 162 Å². The molecule has 1 atom stereocenters. The lowest BCUT2D eigenvalue weighted by atomic mass is 10.1. The van der Waals surface area contributed by atoms with E-state index in [1.807, 2.05) is 40.7 Å². The molecule has 2 rings (SSSR count). The van der Waals surface area contributed by atoms with Crippen molar-refractivity contribution in [3.8, 4) is 0 Å². The molecule has 0 fully saturated rings. The van der Waals surface area contributed by atoms with E-state index in [0.29, 0.717) is 5.69 Å². The summed E-state index contributed by atoms with van der Waals surface area (Å²) in [5.74, 6) is -0.0660. The highest BCUT2D eigenvalue weighted by molar-refractivity contribution is 7.92. The molecule has 0 unspecified atom stereocenters. The van der Waals surface area contributed by atoms with Crippen molar-refractivity contribution in [1.29, 1.82) is 0 Å². The van der Waals surface area contributed by atoms with Crippen molar-refractivity contribution in [2.24, 2.45) is 5.92 Å². The Morgan fingerprint density at radius 3 is 2.19 bits per heavy atom. The van der Waals surface area contributed by atoms with Crippen LogP contribution in [0.15, 0.2) is 53.4 Å². The highest BCUT2D eigenvalue weighted by Crippen LogP contribution is 2.25. The van der Waals surface area contributed by atoms with E-state index >= 15 is 0 Å². The Kier molecular flexibility index (Phi) is 6.65. The topological polar surface area (TPSA) is 66.5 Å². The van der Waals surface area contributed by atoms with Gasteiger partial charge < -0.3 is 5.32 Å². The Hall–Kier alpha value is -2.34. The zero-order valence-corrected chi connectivity index (χ0v) is 17.4. The van der Waals surface area contributed by atoms with Crippen LogP contribution in [0.1, 0.15) is 31.9 Å². The Morgan fingerprint density at radius 2 is 1.63 bits per heavy atom. The van der Waals surface area contributed by atoms with Gasteiger partial charge in [-0.2, -0.15) is 0 Å². The van der Waals surface area contributed by atoms with E-state index in [9.17, 15) is 13.2 Å². The summed E-state index contributed by atoms with van der Waals surface area (Å²) >= 11 is 0. The second kappa shape index (κ2) is 8.57. The second-order valence-electron chi connectivity index (χ2n) is 7.19. The molecule has 2 aromatic carbocycles. The molecule has 6 heteroatoms. The van der Waals surface area contributed by atoms with Gasteiger partial charge in [0.2, 0.25) is 5.91 Å². The van der Waals surface area contributed by atoms with Crippen molar-refractivity contribution < 1.29 is 13.2 Å². The van der Waals surface area contributed by atoms with Crippen LogP contribution in [0.4, 0.5) is 5.69 Å². The predicted octanol–water partition coefficient (Wildman–Crippen LogP) is 3.66. The lowest BCUT2D eigenvalue weighted by Crippen LogP contribution is -2.45. The number of benzene rings is 2. The smallest absolute Gasteiger partial charge is 0.264 e. The molecule has 0 aliphatic carbocycles. The third-order valence-electron chi connectivity index (χ3n) is 4.79. The fraction of sp³-hybridized carbons (Fsp3) is 0.381. The van der Waals surface area contributed by atoms with Crippen LogP contribution in [-0.4, -0.2) is 26.9 Å². The number of hydrogen-bond acceptors (Lipinski definition) is 3. The molecule has 27 heavy (non-hydrogen) atoms. The molecule has 0 aliphatic rings. The number of carbonyl (C=O) groups excluding carboxylic acids is 1. The summed E-state index contributed by atoms with van der Waals surface area (Å²) in [4.78, 5) is 12.7. The molecule has 0 saturated carbocycles. The lowest BCUT2D eigenvalue weighted by Gasteiger charge is -2.26. The molecule has 2 aromatic rings. The first-order valence-corrected chi connectivity index (χ1v) is 10.5. The summed E-state index contributed by atoms with van der Waals surface area (Å²) < 4.78 is 27.6. The van der Waals surface area contributed by atoms with Crippen molar-refractivity contribution in [2.75, 3.05) is 10.8 Å². The maximum atomic E-state index is 13.2. The van der Waals surface area contributed by atoms with Crippen molar-refractivity contribution in [2.45, 2.75) is 45.6 Å². The molecule has 0 radical (unpaired) electrons. The molecule has 0 aromatic heterocycles. The molecule has 0 heterocycles. The second-order valence-corrected chi connectivity index (χ2v) is 9.06. The predicted molar refractivity (Wildman–Crippen MR) is 109 cm³/mol. The molecular weight excluding hydrogens is 360 g/mol. The van der Waals surface area contributed by atoms with Gasteiger partial charge in [-0.15, -0.1) is 0 Å². The Balaban J connectivity index is 2.43. The summed E-state index contributed by atoms with van der Waals surface area (Å²) in [5, 5.41) is 2.88. The summed E-state index contributed by atoms with van der Waals surface area (Å²) in [6.07, 6.45) is 0. The average Bonchev–Trinajstić information content (AvgIpc) is 2.62. The van der Waals surface area contributed by atoms with Gasteiger partial charge in [0, 0.05) is 6.04 Å². The van der Waals surface area contributed by atoms with Crippen LogP contribution in [0.25, 0.3) is 0 Å². The normalized spacial score (nSPS) is 12.7. The van der Waals surface area contributed by atoms with Crippen LogP contribution in [0, 0.1) is 19.8 Å². The minimum Gasteiger partial charge on any atom is -0.352 e. The van der Waals surface area contributed by atoms with Crippen LogP contribution in [0.2, 0.25) is 0 Å². The maximum Gasteiger partial charge on any atom is 0.264 e. The van der Waals surface area contributed by atoms with E-state index in [1.54, 1.807) is 30.3 Å². The van der Waals surface area contributed by atoms with Gasteiger partial charge in [0.15, 0.2) is 0 Å². The van der Waals surface area contributed by atoms with Crippen molar-refractivity contribution in [1.82, 2.24) is 5.32 Å². The minimum absolute atomic E-state index is 0.0430. The van der Waals surface area contributed by atoms with E-state index in [4.69, 9.17) is 0 Å². The monoisotopic (exact) mass is 388 g/mol. The van der Waals surface area contributed by atoms with Gasteiger partial charge in [0.05, 0.1) is 10.6 Å². The standard InChI is InChI=1S/C21H28N2O3S/c1-15(2)18(5)22-21(24)14-23(19-12-11-16(3)17(4)13-19)27(25,26)20-9-7-6-8-10-20/h6-13,15,18H,14H2,1-5H3,(H,22,24)/t18-/m0/s1. The van der Waals surface area contributed by atoms with Crippen LogP contribution in [-0.2, 0) is 14.8 Å². The molecule has 0 saturated heterocycles. The molecule has 5 nitrogen and oxygen atoms in total. The Morgan fingerprint density at radius 1 is 1.00 bits per heavy atom. The lowest BCUT2D eigenvalue weighted by molar-refractivity contribution is -0.120.